The molecule has 0 amide bonds. The molecule has 0 fully saturated rings. The van der Waals surface area contributed by atoms with E-state index < -0.39 is 0 Å². The molecule has 3 rings (SSSR count). The third kappa shape index (κ3) is 2.25. The van der Waals surface area contributed by atoms with Crippen molar-refractivity contribution in [2.24, 2.45) is 0 Å². The zero-order chi connectivity index (χ0) is 14.1. The van der Waals surface area contributed by atoms with Gasteiger partial charge in [0, 0.05) is 18.1 Å². The minimum Gasteiger partial charge on any atom is -0.293 e. The van der Waals surface area contributed by atoms with E-state index in [4.69, 9.17) is 0 Å². The first-order valence-electron chi connectivity index (χ1n) is 6.59. The Morgan fingerprint density at radius 3 is 2.85 bits per heavy atom. The lowest BCUT2D eigenvalue weighted by atomic mass is 10.1. The highest BCUT2D eigenvalue weighted by Crippen LogP contribution is 2.21. The van der Waals surface area contributed by atoms with E-state index in [0.29, 0.717) is 11.3 Å². The first-order chi connectivity index (χ1) is 9.69. The maximum Gasteiger partial charge on any atom is 0.180 e. The van der Waals surface area contributed by atoms with Gasteiger partial charge in [-0.1, -0.05) is 18.2 Å². The van der Waals surface area contributed by atoms with Crippen LogP contribution in [-0.4, -0.2) is 20.5 Å². The predicted octanol–water partition coefficient (Wildman–Crippen LogP) is 3.25. The summed E-state index contributed by atoms with van der Waals surface area (Å²) in [6.07, 6.45) is 1.98. The summed E-state index contributed by atoms with van der Waals surface area (Å²) in [6, 6.07) is 8.04. The molecule has 2 aromatic heterocycles. The van der Waals surface area contributed by atoms with Crippen molar-refractivity contribution in [1.29, 1.82) is 0 Å². The zero-order valence-corrected chi connectivity index (χ0v) is 12.3. The maximum atomic E-state index is 12.3. The molecule has 2 heterocycles. The van der Waals surface area contributed by atoms with Gasteiger partial charge in [0.1, 0.15) is 0 Å². The molecule has 0 aliphatic rings. The highest BCUT2D eigenvalue weighted by molar-refractivity contribution is 7.13. The molecule has 0 N–H and O–H groups in total. The van der Waals surface area contributed by atoms with E-state index in [0.717, 1.165) is 28.1 Å². The van der Waals surface area contributed by atoms with E-state index in [1.165, 1.54) is 11.3 Å². The SMILES string of the molecule is CCn1nc(CC(=O)c2cnc(C)s2)c2ccccc21. The molecule has 20 heavy (non-hydrogen) atoms. The monoisotopic (exact) mass is 285 g/mol. The van der Waals surface area contributed by atoms with Gasteiger partial charge in [-0.05, 0) is 19.9 Å². The molecule has 0 atom stereocenters. The van der Waals surface area contributed by atoms with Crippen LogP contribution < -0.4 is 0 Å². The first-order valence-corrected chi connectivity index (χ1v) is 7.40. The minimum atomic E-state index is 0.0853. The van der Waals surface area contributed by atoms with Crippen LogP contribution in [0.3, 0.4) is 0 Å². The molecular weight excluding hydrogens is 270 g/mol. The molecule has 0 aliphatic heterocycles. The van der Waals surface area contributed by atoms with Crippen LogP contribution in [0.5, 0.6) is 0 Å². The summed E-state index contributed by atoms with van der Waals surface area (Å²) in [4.78, 5) is 17.1. The van der Waals surface area contributed by atoms with Gasteiger partial charge in [0.05, 0.1) is 27.5 Å². The number of aromatic nitrogens is 3. The number of para-hydroxylation sites is 1. The van der Waals surface area contributed by atoms with Gasteiger partial charge >= 0.3 is 0 Å². The van der Waals surface area contributed by atoms with Crippen LogP contribution in [0.4, 0.5) is 0 Å². The van der Waals surface area contributed by atoms with Crippen molar-refractivity contribution < 1.29 is 4.79 Å². The molecule has 5 heteroatoms. The molecule has 0 radical (unpaired) electrons. The molecule has 0 aliphatic carbocycles. The number of Topliss-reactive ketones (excluding diaryl/α,β-unsaturated/α-hetero) is 1. The summed E-state index contributed by atoms with van der Waals surface area (Å²) < 4.78 is 1.94. The molecule has 4 nitrogen and oxygen atoms in total. The molecular formula is C15H15N3OS. The number of ketones is 1. The van der Waals surface area contributed by atoms with Gasteiger partial charge in [0.15, 0.2) is 5.78 Å². The van der Waals surface area contributed by atoms with Gasteiger partial charge < -0.3 is 0 Å². The van der Waals surface area contributed by atoms with Gasteiger partial charge in [-0.25, -0.2) is 4.98 Å². The van der Waals surface area contributed by atoms with Crippen LogP contribution in [0.15, 0.2) is 30.5 Å². The number of carbonyl (C=O) groups is 1. The Bertz CT molecular complexity index is 772. The van der Waals surface area contributed by atoms with Gasteiger partial charge in [-0.3, -0.25) is 9.48 Å². The molecule has 0 bridgehead atoms. The molecule has 0 unspecified atom stereocenters. The van der Waals surface area contributed by atoms with Crippen molar-refractivity contribution in [3.63, 3.8) is 0 Å². The van der Waals surface area contributed by atoms with Gasteiger partial charge in [-0.2, -0.15) is 5.10 Å². The Hall–Kier alpha value is -2.01. The quantitative estimate of drug-likeness (QED) is 0.691. The molecule has 3 aromatic rings. The van der Waals surface area contributed by atoms with Crippen molar-refractivity contribution >= 4 is 28.0 Å². The summed E-state index contributed by atoms with van der Waals surface area (Å²) in [5, 5.41) is 6.53. The van der Waals surface area contributed by atoms with Gasteiger partial charge in [0.2, 0.25) is 0 Å². The van der Waals surface area contributed by atoms with E-state index >= 15 is 0 Å². The fourth-order valence-corrected chi connectivity index (χ4v) is 3.01. The van der Waals surface area contributed by atoms with Crippen molar-refractivity contribution in [3.8, 4) is 0 Å². The topological polar surface area (TPSA) is 47.8 Å². The maximum absolute atomic E-state index is 12.3. The number of fused-ring (bicyclic) bond motifs is 1. The average molecular weight is 285 g/mol. The van der Waals surface area contributed by atoms with E-state index in [9.17, 15) is 4.79 Å². The fourth-order valence-electron chi connectivity index (χ4n) is 2.30. The third-order valence-electron chi connectivity index (χ3n) is 3.26. The zero-order valence-electron chi connectivity index (χ0n) is 11.5. The number of hydrogen-bond donors (Lipinski definition) is 0. The highest BCUT2D eigenvalue weighted by Gasteiger charge is 2.15. The predicted molar refractivity (Wildman–Crippen MR) is 80.3 cm³/mol. The number of benzene rings is 1. The molecule has 102 valence electrons. The Balaban J connectivity index is 1.97. The summed E-state index contributed by atoms with van der Waals surface area (Å²) >= 11 is 1.44. The molecule has 0 saturated heterocycles. The van der Waals surface area contributed by atoms with Crippen LogP contribution in [0.1, 0.15) is 27.3 Å². The van der Waals surface area contributed by atoms with Crippen molar-refractivity contribution in [3.05, 3.63) is 46.0 Å². The standard InChI is InChI=1S/C15H15N3OS/c1-3-18-13-7-5-4-6-11(13)12(17-18)8-14(19)15-9-16-10(2)20-15/h4-7,9H,3,8H2,1-2H3. The summed E-state index contributed by atoms with van der Waals surface area (Å²) in [6.45, 7) is 4.76. The third-order valence-corrected chi connectivity index (χ3v) is 4.21. The lowest BCUT2D eigenvalue weighted by molar-refractivity contribution is 0.0995. The summed E-state index contributed by atoms with van der Waals surface area (Å²) in [5.74, 6) is 0.0853. The molecule has 0 spiro atoms. The minimum absolute atomic E-state index is 0.0853. The van der Waals surface area contributed by atoms with E-state index in [-0.39, 0.29) is 5.78 Å². The number of nitrogens with zero attached hydrogens (tertiary/aromatic N) is 3. The van der Waals surface area contributed by atoms with Crippen LogP contribution in [0.2, 0.25) is 0 Å². The second-order valence-corrected chi connectivity index (χ2v) is 5.86. The summed E-state index contributed by atoms with van der Waals surface area (Å²) in [5.41, 5.74) is 1.93. The number of carbonyl (C=O) groups excluding carboxylic acids is 1. The number of hydrogen-bond acceptors (Lipinski definition) is 4. The smallest absolute Gasteiger partial charge is 0.180 e. The van der Waals surface area contributed by atoms with Crippen LogP contribution in [-0.2, 0) is 13.0 Å². The fraction of sp³-hybridized carbons (Fsp3) is 0.267. The molecule has 1 aromatic carbocycles. The lowest BCUT2D eigenvalue weighted by Crippen LogP contribution is -2.03. The number of thiazole rings is 1. The van der Waals surface area contributed by atoms with E-state index in [2.05, 4.69) is 17.0 Å². The summed E-state index contributed by atoms with van der Waals surface area (Å²) in [7, 11) is 0. The average Bonchev–Trinajstić information content (AvgIpc) is 3.03. The second kappa shape index (κ2) is 5.17. The number of aryl methyl sites for hydroxylation is 2. The van der Waals surface area contributed by atoms with E-state index in [1.54, 1.807) is 6.20 Å². The van der Waals surface area contributed by atoms with Crippen LogP contribution >= 0.6 is 11.3 Å². The Morgan fingerprint density at radius 2 is 2.15 bits per heavy atom. The second-order valence-electron chi connectivity index (χ2n) is 4.62. The van der Waals surface area contributed by atoms with Gasteiger partial charge in [-0.15, -0.1) is 11.3 Å². The normalized spacial score (nSPS) is 11.1. The molecule has 0 saturated carbocycles. The van der Waals surface area contributed by atoms with E-state index in [1.807, 2.05) is 35.9 Å². The van der Waals surface area contributed by atoms with Crippen molar-refractivity contribution in [1.82, 2.24) is 14.8 Å². The van der Waals surface area contributed by atoms with Crippen LogP contribution in [0.25, 0.3) is 10.9 Å². The van der Waals surface area contributed by atoms with Gasteiger partial charge in [0.25, 0.3) is 0 Å². The first kappa shape index (κ1) is 13.0. The largest absolute Gasteiger partial charge is 0.293 e. The lowest BCUT2D eigenvalue weighted by Gasteiger charge is -1.95. The Kier molecular flexibility index (Phi) is 3.36. The van der Waals surface area contributed by atoms with Crippen LogP contribution in [0, 0.1) is 6.92 Å². The Morgan fingerprint density at radius 1 is 1.35 bits per heavy atom. The highest BCUT2D eigenvalue weighted by atomic mass is 32.1. The van der Waals surface area contributed by atoms with Crippen molar-refractivity contribution in [2.75, 3.05) is 0 Å². The Labute approximate surface area is 121 Å². The van der Waals surface area contributed by atoms with Crippen molar-refractivity contribution in [2.45, 2.75) is 26.8 Å². The number of rotatable bonds is 4.